The normalized spacial score (nSPS) is 11.5. The number of amides is 2. The highest BCUT2D eigenvalue weighted by Gasteiger charge is 2.33. The molecule has 0 bridgehead atoms. The molecular formula is C22H20ClF3N4O4. The van der Waals surface area contributed by atoms with Crippen molar-refractivity contribution >= 4 is 40.0 Å². The second kappa shape index (κ2) is 9.72. The van der Waals surface area contributed by atoms with Crippen molar-refractivity contribution in [1.82, 2.24) is 14.0 Å². The van der Waals surface area contributed by atoms with Crippen molar-refractivity contribution in [2.75, 3.05) is 18.9 Å². The Kier molecular flexibility index (Phi) is 7.15. The van der Waals surface area contributed by atoms with Gasteiger partial charge in [0.1, 0.15) is 6.54 Å². The minimum Gasteiger partial charge on any atom is -0.335 e. The third-order valence-electron chi connectivity index (χ3n) is 5.10. The summed E-state index contributed by atoms with van der Waals surface area (Å²) in [6.07, 6.45) is -4.70. The van der Waals surface area contributed by atoms with Gasteiger partial charge in [-0.15, -0.1) is 0 Å². The van der Waals surface area contributed by atoms with Crippen LogP contribution in [0.5, 0.6) is 0 Å². The number of rotatable bonds is 6. The van der Waals surface area contributed by atoms with Crippen molar-refractivity contribution in [1.29, 1.82) is 0 Å². The van der Waals surface area contributed by atoms with Crippen LogP contribution in [0.2, 0.25) is 5.02 Å². The van der Waals surface area contributed by atoms with E-state index < -0.39 is 52.9 Å². The minimum atomic E-state index is -4.70. The molecule has 34 heavy (non-hydrogen) atoms. The maximum absolute atomic E-state index is 13.0. The lowest BCUT2D eigenvalue weighted by Crippen LogP contribution is -2.43. The first kappa shape index (κ1) is 25.0. The Morgan fingerprint density at radius 1 is 1.09 bits per heavy atom. The van der Waals surface area contributed by atoms with Crippen molar-refractivity contribution in [2.24, 2.45) is 0 Å². The summed E-state index contributed by atoms with van der Waals surface area (Å²) in [6, 6.07) is 9.25. The van der Waals surface area contributed by atoms with Crippen LogP contribution < -0.4 is 16.6 Å². The fraction of sp³-hybridized carbons (Fsp3) is 0.273. The first-order valence-electron chi connectivity index (χ1n) is 10.1. The zero-order valence-electron chi connectivity index (χ0n) is 18.1. The van der Waals surface area contributed by atoms with Crippen LogP contribution in [0, 0.1) is 0 Å². The summed E-state index contributed by atoms with van der Waals surface area (Å²) in [5.41, 5.74) is -2.11. The number of halogens is 4. The molecule has 3 rings (SSSR count). The molecule has 0 spiro atoms. The highest BCUT2D eigenvalue weighted by molar-refractivity contribution is 6.31. The Bertz CT molecular complexity index is 1380. The molecule has 2 aromatic carbocycles. The van der Waals surface area contributed by atoms with Gasteiger partial charge in [0.25, 0.3) is 5.56 Å². The Labute approximate surface area is 196 Å². The number of likely N-dealkylation sites (N-methyl/N-ethyl adjacent to an activating group) is 1. The van der Waals surface area contributed by atoms with E-state index in [4.69, 9.17) is 11.6 Å². The second-order valence-corrected chi connectivity index (χ2v) is 7.83. The molecule has 8 nitrogen and oxygen atoms in total. The number of anilines is 1. The molecule has 0 saturated heterocycles. The maximum Gasteiger partial charge on any atom is 0.417 e. The van der Waals surface area contributed by atoms with Gasteiger partial charge in [-0.25, -0.2) is 4.79 Å². The fourth-order valence-electron chi connectivity index (χ4n) is 3.38. The van der Waals surface area contributed by atoms with Gasteiger partial charge < -0.3 is 10.2 Å². The molecule has 180 valence electrons. The number of hydrogen-bond donors (Lipinski definition) is 1. The van der Waals surface area contributed by atoms with Gasteiger partial charge in [0.15, 0.2) is 0 Å². The van der Waals surface area contributed by atoms with E-state index in [-0.39, 0.29) is 23.1 Å². The Morgan fingerprint density at radius 3 is 2.41 bits per heavy atom. The molecule has 0 fully saturated rings. The maximum atomic E-state index is 13.0. The fourth-order valence-corrected chi connectivity index (χ4v) is 3.61. The Balaban J connectivity index is 1.78. The molecule has 3 aromatic rings. The van der Waals surface area contributed by atoms with Gasteiger partial charge in [0, 0.05) is 19.3 Å². The Morgan fingerprint density at radius 2 is 1.76 bits per heavy atom. The molecule has 0 saturated carbocycles. The van der Waals surface area contributed by atoms with Crippen LogP contribution in [0.15, 0.2) is 52.1 Å². The van der Waals surface area contributed by atoms with Gasteiger partial charge >= 0.3 is 11.9 Å². The highest BCUT2D eigenvalue weighted by atomic mass is 35.5. The van der Waals surface area contributed by atoms with E-state index in [1.54, 1.807) is 25.1 Å². The van der Waals surface area contributed by atoms with Crippen molar-refractivity contribution in [2.45, 2.75) is 26.2 Å². The van der Waals surface area contributed by atoms with E-state index in [1.165, 1.54) is 19.2 Å². The first-order chi connectivity index (χ1) is 15.9. The summed E-state index contributed by atoms with van der Waals surface area (Å²) < 4.78 is 41.2. The van der Waals surface area contributed by atoms with Crippen LogP contribution in [0.3, 0.4) is 0 Å². The molecule has 0 aliphatic carbocycles. The van der Waals surface area contributed by atoms with E-state index in [0.29, 0.717) is 6.07 Å². The molecule has 0 aliphatic heterocycles. The molecule has 1 heterocycles. The van der Waals surface area contributed by atoms with Crippen LogP contribution in [0.1, 0.15) is 12.5 Å². The lowest BCUT2D eigenvalue weighted by molar-refractivity contribution is -0.137. The van der Waals surface area contributed by atoms with Crippen LogP contribution in [0.4, 0.5) is 18.9 Å². The molecule has 0 aliphatic rings. The van der Waals surface area contributed by atoms with Gasteiger partial charge in [0.2, 0.25) is 11.8 Å². The summed E-state index contributed by atoms with van der Waals surface area (Å²) in [5.74, 6) is -1.36. The third-order valence-corrected chi connectivity index (χ3v) is 5.43. The van der Waals surface area contributed by atoms with Crippen molar-refractivity contribution in [3.8, 4) is 0 Å². The third kappa shape index (κ3) is 5.14. The molecule has 12 heteroatoms. The first-order valence-corrected chi connectivity index (χ1v) is 10.4. The number of carbonyl (C=O) groups is 2. The highest BCUT2D eigenvalue weighted by Crippen LogP contribution is 2.36. The van der Waals surface area contributed by atoms with Crippen molar-refractivity contribution in [3.63, 3.8) is 0 Å². The molecule has 1 N–H and O–H groups in total. The standard InChI is InChI=1S/C22H20ClF3N4O4/c1-3-29-20(33)14-6-4-5-7-17(14)30(21(29)34)12-19(32)28(2)11-18(31)27-13-8-9-16(23)15(10-13)22(24,25)26/h4-10H,3,11-12H2,1-2H3,(H,27,31). The van der Waals surface area contributed by atoms with E-state index in [0.717, 1.165) is 20.1 Å². The number of nitrogens with zero attached hydrogens (tertiary/aromatic N) is 3. The summed E-state index contributed by atoms with van der Waals surface area (Å²) in [6.45, 7) is 0.808. The number of benzene rings is 2. The zero-order chi connectivity index (χ0) is 25.2. The number of nitrogens with one attached hydrogen (secondary N) is 1. The largest absolute Gasteiger partial charge is 0.417 e. The van der Waals surface area contributed by atoms with Gasteiger partial charge in [-0.2, -0.15) is 13.2 Å². The second-order valence-electron chi connectivity index (χ2n) is 7.43. The molecule has 0 radical (unpaired) electrons. The molecular weight excluding hydrogens is 477 g/mol. The number of para-hydroxylation sites is 1. The van der Waals surface area contributed by atoms with Crippen molar-refractivity contribution < 1.29 is 22.8 Å². The minimum absolute atomic E-state index is 0.107. The molecule has 0 atom stereocenters. The van der Waals surface area contributed by atoms with Crippen LogP contribution >= 0.6 is 11.6 Å². The summed E-state index contributed by atoms with van der Waals surface area (Å²) >= 11 is 5.57. The number of carbonyl (C=O) groups excluding carboxylic acids is 2. The number of aromatic nitrogens is 2. The lowest BCUT2D eigenvalue weighted by atomic mass is 10.2. The topological polar surface area (TPSA) is 93.4 Å². The van der Waals surface area contributed by atoms with Crippen molar-refractivity contribution in [3.05, 3.63) is 73.9 Å². The molecule has 2 amide bonds. The number of fused-ring (bicyclic) bond motifs is 1. The van der Waals surface area contributed by atoms with E-state index >= 15 is 0 Å². The van der Waals surface area contributed by atoms with E-state index in [2.05, 4.69) is 5.32 Å². The predicted octanol–water partition coefficient (Wildman–Crippen LogP) is 2.95. The van der Waals surface area contributed by atoms with E-state index in [9.17, 15) is 32.3 Å². The molecule has 1 aromatic heterocycles. The van der Waals surface area contributed by atoms with Crippen LogP contribution in [-0.2, 0) is 28.9 Å². The SMILES string of the molecule is CCn1c(=O)c2ccccc2n(CC(=O)N(C)CC(=O)Nc2ccc(Cl)c(C(F)(F)F)c2)c1=O. The van der Waals surface area contributed by atoms with Crippen LogP contribution in [-0.4, -0.2) is 39.4 Å². The Hall–Kier alpha value is -3.60. The summed E-state index contributed by atoms with van der Waals surface area (Å²) in [4.78, 5) is 51.4. The smallest absolute Gasteiger partial charge is 0.335 e. The van der Waals surface area contributed by atoms with Gasteiger partial charge in [-0.3, -0.25) is 23.5 Å². The average Bonchev–Trinajstić information content (AvgIpc) is 2.77. The van der Waals surface area contributed by atoms with Gasteiger partial charge in [-0.05, 0) is 37.3 Å². The quantitative estimate of drug-likeness (QED) is 0.568. The predicted molar refractivity (Wildman–Crippen MR) is 121 cm³/mol. The lowest BCUT2D eigenvalue weighted by Gasteiger charge is -2.19. The van der Waals surface area contributed by atoms with Gasteiger partial charge in [0.05, 0.1) is 28.0 Å². The van der Waals surface area contributed by atoms with Crippen LogP contribution in [0.25, 0.3) is 10.9 Å². The van der Waals surface area contributed by atoms with E-state index in [1.807, 2.05) is 0 Å². The molecule has 0 unspecified atom stereocenters. The zero-order valence-corrected chi connectivity index (χ0v) is 18.9. The average molecular weight is 497 g/mol. The monoisotopic (exact) mass is 496 g/mol. The number of alkyl halides is 3. The summed E-state index contributed by atoms with van der Waals surface area (Å²) in [5, 5.41) is 2.05. The number of hydrogen-bond acceptors (Lipinski definition) is 4. The van der Waals surface area contributed by atoms with Gasteiger partial charge in [-0.1, -0.05) is 23.7 Å². The summed E-state index contributed by atoms with van der Waals surface area (Å²) in [7, 11) is 1.31.